The van der Waals surface area contributed by atoms with E-state index >= 15 is 0 Å². The summed E-state index contributed by atoms with van der Waals surface area (Å²) < 4.78 is 7.63. The van der Waals surface area contributed by atoms with Gasteiger partial charge in [-0.2, -0.15) is 5.10 Å². The smallest absolute Gasteiger partial charge is 0.244 e. The third-order valence-electron chi connectivity index (χ3n) is 5.29. The number of amides is 1. The summed E-state index contributed by atoms with van der Waals surface area (Å²) in [6.45, 7) is 4.38. The Bertz CT molecular complexity index is 1220. The molecule has 1 N–H and O–H groups in total. The van der Waals surface area contributed by atoms with E-state index in [1.165, 1.54) is 6.08 Å². The van der Waals surface area contributed by atoms with Gasteiger partial charge in [-0.25, -0.2) is 4.68 Å². The van der Waals surface area contributed by atoms with Gasteiger partial charge in [-0.3, -0.25) is 9.78 Å². The minimum absolute atomic E-state index is 0.162. The summed E-state index contributed by atoms with van der Waals surface area (Å²) in [6.07, 6.45) is 6.87. The van der Waals surface area contributed by atoms with Gasteiger partial charge in [0.25, 0.3) is 0 Å². The maximum atomic E-state index is 12.5. The van der Waals surface area contributed by atoms with Crippen molar-refractivity contribution < 1.29 is 9.53 Å². The van der Waals surface area contributed by atoms with Crippen LogP contribution in [0.1, 0.15) is 35.5 Å². The van der Waals surface area contributed by atoms with Crippen molar-refractivity contribution in [2.75, 3.05) is 0 Å². The molecule has 6 heteroatoms. The number of nitrogens with one attached hydrogen (secondary N) is 1. The predicted octanol–water partition coefficient (Wildman–Crippen LogP) is 5.05. The molecule has 0 saturated carbocycles. The van der Waals surface area contributed by atoms with Gasteiger partial charge in [-0.05, 0) is 61.9 Å². The Hall–Kier alpha value is -4.19. The third kappa shape index (κ3) is 5.74. The minimum atomic E-state index is -0.165. The Morgan fingerprint density at radius 1 is 1.06 bits per heavy atom. The second-order valence-corrected chi connectivity index (χ2v) is 7.68. The number of hydrogen-bond donors (Lipinski definition) is 1. The first-order valence-electron chi connectivity index (χ1n) is 10.8. The van der Waals surface area contributed by atoms with E-state index in [4.69, 9.17) is 4.74 Å². The van der Waals surface area contributed by atoms with Crippen LogP contribution in [-0.4, -0.2) is 20.7 Å². The Morgan fingerprint density at radius 3 is 2.55 bits per heavy atom. The van der Waals surface area contributed by atoms with Crippen molar-refractivity contribution in [3.8, 4) is 11.4 Å². The second kappa shape index (κ2) is 10.4. The molecule has 0 unspecified atom stereocenters. The van der Waals surface area contributed by atoms with Crippen LogP contribution in [0.4, 0.5) is 0 Å². The van der Waals surface area contributed by atoms with E-state index in [0.717, 1.165) is 34.0 Å². The van der Waals surface area contributed by atoms with Gasteiger partial charge >= 0.3 is 0 Å². The molecule has 0 spiro atoms. The van der Waals surface area contributed by atoms with Crippen LogP contribution >= 0.6 is 0 Å². The molecule has 2 heterocycles. The lowest BCUT2D eigenvalue weighted by Crippen LogP contribution is -2.25. The molecule has 33 heavy (non-hydrogen) atoms. The molecule has 0 aliphatic rings. The maximum absolute atomic E-state index is 12.5. The van der Waals surface area contributed by atoms with Crippen LogP contribution in [0.25, 0.3) is 11.8 Å². The molecule has 0 radical (unpaired) electrons. The number of para-hydroxylation sites is 1. The fraction of sp³-hybridized carbons (Fsp3) is 0.148. The van der Waals surface area contributed by atoms with E-state index in [1.54, 1.807) is 18.5 Å². The Balaban J connectivity index is 1.32. The zero-order valence-electron chi connectivity index (χ0n) is 18.7. The lowest BCUT2D eigenvalue weighted by molar-refractivity contribution is -0.117. The Labute approximate surface area is 193 Å². The Morgan fingerprint density at radius 2 is 1.82 bits per heavy atom. The van der Waals surface area contributed by atoms with Crippen LogP contribution in [0.15, 0.2) is 91.3 Å². The molecule has 0 aliphatic heterocycles. The third-order valence-corrected chi connectivity index (χ3v) is 5.29. The summed E-state index contributed by atoms with van der Waals surface area (Å²) in [4.78, 5) is 16.7. The fourth-order valence-corrected chi connectivity index (χ4v) is 3.50. The highest BCUT2D eigenvalue weighted by molar-refractivity contribution is 5.92. The van der Waals surface area contributed by atoms with Gasteiger partial charge in [0.1, 0.15) is 12.4 Å². The molecule has 2 aromatic carbocycles. The fourth-order valence-electron chi connectivity index (χ4n) is 3.50. The van der Waals surface area contributed by atoms with Crippen LogP contribution in [0, 0.1) is 6.92 Å². The summed E-state index contributed by atoms with van der Waals surface area (Å²) in [6, 6.07) is 23.1. The van der Waals surface area contributed by atoms with Crippen molar-refractivity contribution in [2.24, 2.45) is 0 Å². The molecule has 0 aliphatic carbocycles. The Kier molecular flexibility index (Phi) is 6.95. The molecule has 166 valence electrons. The number of hydrogen-bond acceptors (Lipinski definition) is 4. The van der Waals surface area contributed by atoms with E-state index < -0.39 is 0 Å². The normalized spacial score (nSPS) is 11.9. The summed E-state index contributed by atoms with van der Waals surface area (Å²) in [7, 11) is 0. The van der Waals surface area contributed by atoms with Crippen molar-refractivity contribution in [1.82, 2.24) is 20.1 Å². The van der Waals surface area contributed by atoms with Gasteiger partial charge in [-0.1, -0.05) is 36.4 Å². The molecular formula is C27H26N4O2. The summed E-state index contributed by atoms with van der Waals surface area (Å²) >= 11 is 0. The zero-order valence-corrected chi connectivity index (χ0v) is 18.7. The molecule has 2 aromatic heterocycles. The highest BCUT2D eigenvalue weighted by Crippen LogP contribution is 2.20. The topological polar surface area (TPSA) is 69.0 Å². The van der Waals surface area contributed by atoms with Crippen LogP contribution in [0.5, 0.6) is 5.75 Å². The predicted molar refractivity (Wildman–Crippen MR) is 129 cm³/mol. The van der Waals surface area contributed by atoms with Gasteiger partial charge in [0, 0.05) is 23.5 Å². The number of carbonyl (C=O) groups is 1. The van der Waals surface area contributed by atoms with Crippen molar-refractivity contribution in [2.45, 2.75) is 26.5 Å². The largest absolute Gasteiger partial charge is 0.487 e. The zero-order chi connectivity index (χ0) is 23.0. The lowest BCUT2D eigenvalue weighted by atomic mass is 10.1. The number of carbonyl (C=O) groups excluding carboxylic acids is 1. The summed E-state index contributed by atoms with van der Waals surface area (Å²) in [5, 5.41) is 7.49. The highest BCUT2D eigenvalue weighted by atomic mass is 16.5. The molecule has 0 saturated heterocycles. The van der Waals surface area contributed by atoms with Crippen LogP contribution in [0.2, 0.25) is 0 Å². The minimum Gasteiger partial charge on any atom is -0.487 e. The van der Waals surface area contributed by atoms with Crippen molar-refractivity contribution in [1.29, 1.82) is 0 Å². The molecular weight excluding hydrogens is 412 g/mol. The van der Waals surface area contributed by atoms with Crippen LogP contribution in [-0.2, 0) is 11.4 Å². The van der Waals surface area contributed by atoms with Crippen LogP contribution in [0.3, 0.4) is 0 Å². The summed E-state index contributed by atoms with van der Waals surface area (Å²) in [5.41, 5.74) is 4.76. The van der Waals surface area contributed by atoms with Gasteiger partial charge in [0.15, 0.2) is 0 Å². The first kappa shape index (κ1) is 22.0. The van der Waals surface area contributed by atoms with Crippen LogP contribution < -0.4 is 10.1 Å². The number of benzene rings is 2. The van der Waals surface area contributed by atoms with E-state index in [-0.39, 0.29) is 11.9 Å². The molecule has 4 rings (SSSR count). The van der Waals surface area contributed by atoms with Gasteiger partial charge < -0.3 is 10.1 Å². The number of nitrogens with zero attached hydrogens (tertiary/aromatic N) is 3. The highest BCUT2D eigenvalue weighted by Gasteiger charge is 2.15. The lowest BCUT2D eigenvalue weighted by Gasteiger charge is -2.13. The van der Waals surface area contributed by atoms with Crippen molar-refractivity contribution in [3.63, 3.8) is 0 Å². The SMILES string of the molecule is Cc1c([C@@H](C)NC(=O)/C=C/c2ccc(OCc3ccccn3)cc2)cnn1-c1ccccc1. The van der Waals surface area contributed by atoms with E-state index in [9.17, 15) is 4.79 Å². The second-order valence-electron chi connectivity index (χ2n) is 7.68. The molecule has 1 atom stereocenters. The van der Waals surface area contributed by atoms with E-state index in [1.807, 2.05) is 91.3 Å². The quantitative estimate of drug-likeness (QED) is 0.391. The van der Waals surface area contributed by atoms with Crippen molar-refractivity contribution >= 4 is 12.0 Å². The number of pyridine rings is 1. The molecule has 1 amide bonds. The molecule has 6 nitrogen and oxygen atoms in total. The first-order chi connectivity index (χ1) is 16.1. The average Bonchev–Trinajstić information content (AvgIpc) is 3.24. The van der Waals surface area contributed by atoms with Gasteiger partial charge in [0.05, 0.1) is 23.6 Å². The molecule has 0 fully saturated rings. The van der Waals surface area contributed by atoms with Gasteiger partial charge in [0.2, 0.25) is 5.91 Å². The van der Waals surface area contributed by atoms with Gasteiger partial charge in [-0.15, -0.1) is 0 Å². The van der Waals surface area contributed by atoms with E-state index in [0.29, 0.717) is 6.61 Å². The summed E-state index contributed by atoms with van der Waals surface area (Å²) in [5.74, 6) is 0.589. The first-order valence-corrected chi connectivity index (χ1v) is 10.8. The molecule has 4 aromatic rings. The van der Waals surface area contributed by atoms with E-state index in [2.05, 4.69) is 15.4 Å². The van der Waals surface area contributed by atoms with Crippen molar-refractivity contribution in [3.05, 3.63) is 114 Å². The standard InChI is InChI=1S/C27H26N4O2/c1-20(26-18-29-31(21(26)2)24-9-4-3-5-10-24)30-27(32)16-13-22-11-14-25(15-12-22)33-19-23-8-6-7-17-28-23/h3-18,20H,19H2,1-2H3,(H,30,32)/b16-13+/t20-/m1/s1. The average molecular weight is 439 g/mol. The number of rotatable bonds is 8. The molecule has 0 bridgehead atoms. The monoisotopic (exact) mass is 438 g/mol. The number of aromatic nitrogens is 3. The number of ether oxygens (including phenoxy) is 1. The maximum Gasteiger partial charge on any atom is 0.244 e.